The molecule has 0 aromatic heterocycles. The normalized spacial score (nSPS) is 12.3. The van der Waals surface area contributed by atoms with Gasteiger partial charge in [0.1, 0.15) is 0 Å². The number of aryl methyl sites for hydroxylation is 2. The van der Waals surface area contributed by atoms with Crippen LogP contribution < -0.4 is 0 Å². The van der Waals surface area contributed by atoms with Crippen molar-refractivity contribution >= 4 is 22.7 Å². The third kappa shape index (κ3) is 3.12. The zero-order chi connectivity index (χ0) is 23.2. The lowest BCUT2D eigenvalue weighted by atomic mass is 9.73. The number of methoxy groups -OCH3 is 2. The van der Waals surface area contributed by atoms with E-state index in [9.17, 15) is 9.59 Å². The summed E-state index contributed by atoms with van der Waals surface area (Å²) in [6.07, 6.45) is 3.40. The van der Waals surface area contributed by atoms with E-state index in [0.29, 0.717) is 11.1 Å². The number of esters is 2. The average molecular weight is 431 g/mol. The second kappa shape index (κ2) is 8.42. The third-order valence-corrected chi connectivity index (χ3v) is 7.13. The van der Waals surface area contributed by atoms with Crippen LogP contribution in [0.15, 0.2) is 24.3 Å². The molecule has 0 heterocycles. The summed E-state index contributed by atoms with van der Waals surface area (Å²) in [5, 5.41) is 2.64. The van der Waals surface area contributed by atoms with Crippen molar-refractivity contribution in [3.8, 4) is 0 Å². The molecule has 1 aliphatic rings. The second-order valence-corrected chi connectivity index (χ2v) is 8.46. The largest absolute Gasteiger partial charge is 0.465 e. The Morgan fingerprint density at radius 1 is 0.719 bits per heavy atom. The van der Waals surface area contributed by atoms with Crippen molar-refractivity contribution in [2.45, 2.75) is 53.4 Å². The molecule has 0 saturated heterocycles. The van der Waals surface area contributed by atoms with Crippen LogP contribution in [0.25, 0.3) is 10.8 Å². The van der Waals surface area contributed by atoms with Crippen LogP contribution >= 0.6 is 0 Å². The molecule has 166 valence electrons. The van der Waals surface area contributed by atoms with Gasteiger partial charge in [0.2, 0.25) is 0 Å². The summed E-state index contributed by atoms with van der Waals surface area (Å²) >= 11 is 0. The molecule has 0 amide bonds. The molecule has 4 nitrogen and oxygen atoms in total. The van der Waals surface area contributed by atoms with Crippen LogP contribution in [0.1, 0.15) is 79.1 Å². The standard InChI is InChI=1S/C28H30O4/c1-7-17-19-11-9-10-12-20(19)18(8-2)24-14-22-16(4)26(28(30)32-6)25(27(29)31-5)15(3)21(22)13-23(17)24/h9-12H,7-8,13-14H2,1-6H3. The van der Waals surface area contributed by atoms with Gasteiger partial charge in [-0.15, -0.1) is 0 Å². The summed E-state index contributed by atoms with van der Waals surface area (Å²) in [5.74, 6) is -0.994. The molecular weight excluding hydrogens is 400 g/mol. The zero-order valence-corrected chi connectivity index (χ0v) is 19.8. The lowest BCUT2D eigenvalue weighted by molar-refractivity contribution is 0.0553. The van der Waals surface area contributed by atoms with Gasteiger partial charge in [0.15, 0.2) is 0 Å². The summed E-state index contributed by atoms with van der Waals surface area (Å²) in [4.78, 5) is 25.5. The smallest absolute Gasteiger partial charge is 0.339 e. The van der Waals surface area contributed by atoms with Crippen LogP contribution in [0.2, 0.25) is 0 Å². The molecular formula is C28H30O4. The Labute approximate surface area is 189 Å². The number of hydrogen-bond acceptors (Lipinski definition) is 4. The van der Waals surface area contributed by atoms with E-state index in [2.05, 4.69) is 38.1 Å². The Kier molecular flexibility index (Phi) is 5.81. The second-order valence-electron chi connectivity index (χ2n) is 8.46. The summed E-state index contributed by atoms with van der Waals surface area (Å²) in [5.41, 5.74) is 10.1. The Balaban J connectivity index is 2.07. The number of carbonyl (C=O) groups is 2. The van der Waals surface area contributed by atoms with E-state index in [0.717, 1.165) is 47.9 Å². The van der Waals surface area contributed by atoms with Gasteiger partial charge in [0, 0.05) is 0 Å². The highest BCUT2D eigenvalue weighted by Gasteiger charge is 2.32. The van der Waals surface area contributed by atoms with Gasteiger partial charge in [-0.1, -0.05) is 38.1 Å². The highest BCUT2D eigenvalue weighted by atomic mass is 16.5. The first-order valence-electron chi connectivity index (χ1n) is 11.2. The van der Waals surface area contributed by atoms with E-state index in [1.165, 1.54) is 47.2 Å². The first kappa shape index (κ1) is 22.1. The van der Waals surface area contributed by atoms with Crippen molar-refractivity contribution in [3.05, 3.63) is 79.9 Å². The maximum atomic E-state index is 12.7. The topological polar surface area (TPSA) is 52.6 Å². The maximum absolute atomic E-state index is 12.7. The molecule has 0 radical (unpaired) electrons. The number of benzene rings is 3. The van der Waals surface area contributed by atoms with Gasteiger partial charge in [-0.05, 0) is 94.8 Å². The molecule has 0 bridgehead atoms. The number of rotatable bonds is 4. The summed E-state index contributed by atoms with van der Waals surface area (Å²) in [6.45, 7) is 8.27. The average Bonchev–Trinajstić information content (AvgIpc) is 2.82. The monoisotopic (exact) mass is 430 g/mol. The molecule has 3 aromatic carbocycles. The lowest BCUT2D eigenvalue weighted by Crippen LogP contribution is -2.23. The lowest BCUT2D eigenvalue weighted by Gasteiger charge is -2.31. The van der Waals surface area contributed by atoms with Gasteiger partial charge >= 0.3 is 11.9 Å². The molecule has 32 heavy (non-hydrogen) atoms. The maximum Gasteiger partial charge on any atom is 0.339 e. The minimum absolute atomic E-state index is 0.327. The van der Waals surface area contributed by atoms with Crippen molar-refractivity contribution in [2.75, 3.05) is 14.2 Å². The first-order valence-corrected chi connectivity index (χ1v) is 11.2. The molecule has 0 N–H and O–H groups in total. The van der Waals surface area contributed by atoms with E-state index in [4.69, 9.17) is 9.47 Å². The van der Waals surface area contributed by atoms with E-state index < -0.39 is 11.9 Å². The van der Waals surface area contributed by atoms with Crippen molar-refractivity contribution in [1.29, 1.82) is 0 Å². The molecule has 4 rings (SSSR count). The van der Waals surface area contributed by atoms with Gasteiger partial charge < -0.3 is 9.47 Å². The van der Waals surface area contributed by atoms with Gasteiger partial charge in [-0.3, -0.25) is 0 Å². The summed E-state index contributed by atoms with van der Waals surface area (Å²) < 4.78 is 10.1. The molecule has 0 atom stereocenters. The molecule has 0 unspecified atom stereocenters. The van der Waals surface area contributed by atoms with Crippen LogP contribution in [0.5, 0.6) is 0 Å². The first-order chi connectivity index (χ1) is 15.4. The molecule has 4 heteroatoms. The predicted octanol–water partition coefficient (Wildman–Crippen LogP) is 5.65. The minimum atomic E-state index is -0.497. The van der Waals surface area contributed by atoms with Crippen LogP contribution in [-0.2, 0) is 35.2 Å². The predicted molar refractivity (Wildman–Crippen MR) is 127 cm³/mol. The minimum Gasteiger partial charge on any atom is -0.465 e. The Morgan fingerprint density at radius 3 is 1.41 bits per heavy atom. The van der Waals surface area contributed by atoms with Crippen LogP contribution in [-0.4, -0.2) is 26.2 Å². The quantitative estimate of drug-likeness (QED) is 0.393. The van der Waals surface area contributed by atoms with Gasteiger partial charge in [-0.2, -0.15) is 0 Å². The molecule has 0 saturated carbocycles. The number of hydrogen-bond donors (Lipinski definition) is 0. The molecule has 3 aromatic rings. The Bertz CT molecular complexity index is 1170. The van der Waals surface area contributed by atoms with Gasteiger partial charge in [-0.25, -0.2) is 9.59 Å². The van der Waals surface area contributed by atoms with E-state index >= 15 is 0 Å². The van der Waals surface area contributed by atoms with Crippen molar-refractivity contribution < 1.29 is 19.1 Å². The van der Waals surface area contributed by atoms with Crippen molar-refractivity contribution in [3.63, 3.8) is 0 Å². The van der Waals surface area contributed by atoms with Crippen molar-refractivity contribution in [2.24, 2.45) is 0 Å². The Morgan fingerprint density at radius 2 is 1.09 bits per heavy atom. The SMILES string of the molecule is CCc1c2c(c(CC)c3ccccc13)Cc1c(C)c(C(=O)OC)c(C(=O)OC)c(C)c1C2. The molecule has 1 aliphatic carbocycles. The fraction of sp³-hybridized carbons (Fsp3) is 0.357. The van der Waals surface area contributed by atoms with E-state index in [-0.39, 0.29) is 0 Å². The molecule has 0 aliphatic heterocycles. The summed E-state index contributed by atoms with van der Waals surface area (Å²) in [6, 6.07) is 8.66. The van der Waals surface area contributed by atoms with Crippen LogP contribution in [0, 0.1) is 13.8 Å². The zero-order valence-electron chi connectivity index (χ0n) is 19.8. The molecule has 0 spiro atoms. The fourth-order valence-electron chi connectivity index (χ4n) is 5.61. The number of carbonyl (C=O) groups excluding carboxylic acids is 2. The third-order valence-electron chi connectivity index (χ3n) is 7.13. The summed E-state index contributed by atoms with van der Waals surface area (Å²) in [7, 11) is 2.70. The highest BCUT2D eigenvalue weighted by Crippen LogP contribution is 2.41. The van der Waals surface area contributed by atoms with Crippen molar-refractivity contribution in [1.82, 2.24) is 0 Å². The highest BCUT2D eigenvalue weighted by molar-refractivity contribution is 6.06. The Hall–Kier alpha value is -3.14. The van der Waals surface area contributed by atoms with Gasteiger partial charge in [0.05, 0.1) is 25.3 Å². The fourth-order valence-corrected chi connectivity index (χ4v) is 5.61. The van der Waals surface area contributed by atoms with Crippen LogP contribution in [0.4, 0.5) is 0 Å². The van der Waals surface area contributed by atoms with E-state index in [1.807, 2.05) is 13.8 Å². The van der Waals surface area contributed by atoms with E-state index in [1.54, 1.807) is 0 Å². The van der Waals surface area contributed by atoms with Gasteiger partial charge in [0.25, 0.3) is 0 Å². The number of fused-ring (bicyclic) bond motifs is 3. The number of ether oxygens (including phenoxy) is 2. The molecule has 0 fully saturated rings. The van der Waals surface area contributed by atoms with Crippen LogP contribution in [0.3, 0.4) is 0 Å².